The summed E-state index contributed by atoms with van der Waals surface area (Å²) in [5, 5.41) is 0. The van der Waals surface area contributed by atoms with Crippen LogP contribution in [0.5, 0.6) is 0 Å². The summed E-state index contributed by atoms with van der Waals surface area (Å²) in [7, 11) is 4.54. The smallest absolute Gasteiger partial charge is 0.00891 e. The molecule has 0 heterocycles. The summed E-state index contributed by atoms with van der Waals surface area (Å²) in [6.07, 6.45) is 32.9. The molecule has 0 aromatic heterocycles. The number of unbranched alkanes of at least 4 members (excludes halogenated alkanes) is 15. The van der Waals surface area contributed by atoms with Crippen molar-refractivity contribution >= 4 is 0 Å². The van der Waals surface area contributed by atoms with Crippen molar-refractivity contribution in [2.24, 2.45) is 0 Å². The Bertz CT molecular complexity index is 307. The predicted molar refractivity (Wildman–Crippen MR) is 130 cm³/mol. The molecule has 0 radical (unpaired) electrons. The molecule has 0 rings (SSSR count). The first-order valence-corrected chi connectivity index (χ1v) is 13.0. The molecule has 28 heavy (non-hydrogen) atoms. The summed E-state index contributed by atoms with van der Waals surface area (Å²) in [4.78, 5) is 2.47. The first kappa shape index (κ1) is 27.7. The fraction of sp³-hybridized carbons (Fsp3) is 0.926. The van der Waals surface area contributed by atoms with Crippen LogP contribution in [-0.2, 0) is 0 Å². The van der Waals surface area contributed by atoms with Crippen LogP contribution in [-0.4, -0.2) is 25.0 Å². The maximum Gasteiger partial charge on any atom is 0.00891 e. The van der Waals surface area contributed by atoms with E-state index in [2.05, 4.69) is 45.0 Å². The topological polar surface area (TPSA) is 3.24 Å². The third-order valence-corrected chi connectivity index (χ3v) is 6.17. The third-order valence-electron chi connectivity index (χ3n) is 6.17. The summed E-state index contributed by atoms with van der Waals surface area (Å²) in [6.45, 7) is 4.59. The summed E-state index contributed by atoms with van der Waals surface area (Å²) in [5.74, 6) is 0. The van der Waals surface area contributed by atoms with Crippen molar-refractivity contribution in [3.8, 4) is 0 Å². The fourth-order valence-corrected chi connectivity index (χ4v) is 4.09. The maximum atomic E-state index is 2.47. The summed E-state index contributed by atoms with van der Waals surface area (Å²) >= 11 is 0. The molecular formula is C27H55N. The van der Waals surface area contributed by atoms with Gasteiger partial charge in [-0.05, 0) is 52.6 Å². The van der Waals surface area contributed by atoms with Gasteiger partial charge in [-0.25, -0.2) is 0 Å². The molecule has 0 N–H and O–H groups in total. The highest BCUT2D eigenvalue weighted by atomic mass is 15.1. The Kier molecular flexibility index (Phi) is 22.7. The van der Waals surface area contributed by atoms with E-state index in [9.17, 15) is 0 Å². The molecule has 0 aromatic carbocycles. The van der Waals surface area contributed by atoms with Gasteiger partial charge in [-0.1, -0.05) is 116 Å². The van der Waals surface area contributed by atoms with Gasteiger partial charge in [0.2, 0.25) is 0 Å². The van der Waals surface area contributed by atoms with E-state index in [0.29, 0.717) is 0 Å². The minimum Gasteiger partial charge on any atom is -0.306 e. The average Bonchev–Trinajstić information content (AvgIpc) is 2.68. The molecule has 0 aliphatic heterocycles. The van der Waals surface area contributed by atoms with Gasteiger partial charge in [0.15, 0.2) is 0 Å². The molecule has 0 amide bonds. The van der Waals surface area contributed by atoms with Gasteiger partial charge in [-0.15, -0.1) is 0 Å². The lowest BCUT2D eigenvalue weighted by molar-refractivity contribution is 0.251. The number of nitrogens with zero attached hydrogens (tertiary/aromatic N) is 1. The zero-order valence-corrected chi connectivity index (χ0v) is 20.3. The van der Waals surface area contributed by atoms with E-state index >= 15 is 0 Å². The average molecular weight is 394 g/mol. The van der Waals surface area contributed by atoms with Crippen molar-refractivity contribution in [1.29, 1.82) is 0 Å². The van der Waals surface area contributed by atoms with Crippen molar-refractivity contribution in [3.63, 3.8) is 0 Å². The maximum absolute atomic E-state index is 2.47. The molecular weight excluding hydrogens is 338 g/mol. The lowest BCUT2D eigenvalue weighted by Gasteiger charge is -2.24. The fourth-order valence-electron chi connectivity index (χ4n) is 4.09. The predicted octanol–water partition coefficient (Wildman–Crippen LogP) is 9.31. The van der Waals surface area contributed by atoms with Crippen molar-refractivity contribution in [3.05, 3.63) is 12.2 Å². The van der Waals surface area contributed by atoms with Crippen molar-refractivity contribution in [1.82, 2.24) is 4.90 Å². The molecule has 1 nitrogen and oxygen atoms in total. The number of hydrogen-bond acceptors (Lipinski definition) is 1. The van der Waals surface area contributed by atoms with Crippen LogP contribution < -0.4 is 0 Å². The Labute approximate surface area is 179 Å². The number of allylic oxidation sites excluding steroid dienone is 2. The van der Waals surface area contributed by atoms with Crippen molar-refractivity contribution in [2.75, 3.05) is 14.1 Å². The zero-order chi connectivity index (χ0) is 20.7. The van der Waals surface area contributed by atoms with Gasteiger partial charge in [0.05, 0.1) is 0 Å². The second kappa shape index (κ2) is 23.0. The first-order chi connectivity index (χ1) is 13.7. The molecule has 0 aromatic rings. The Hall–Kier alpha value is -0.300. The number of rotatable bonds is 22. The lowest BCUT2D eigenvalue weighted by Crippen LogP contribution is -2.27. The van der Waals surface area contributed by atoms with Crippen LogP contribution in [0.4, 0.5) is 0 Å². The SMILES string of the molecule is CCCCCCCC/C=C/CCCCCCCC(CCCCCCC)N(C)C. The van der Waals surface area contributed by atoms with Gasteiger partial charge in [-0.3, -0.25) is 0 Å². The molecule has 0 aliphatic rings. The highest BCUT2D eigenvalue weighted by molar-refractivity contribution is 4.81. The van der Waals surface area contributed by atoms with Crippen LogP contribution in [0, 0.1) is 0 Å². The van der Waals surface area contributed by atoms with Crippen LogP contribution >= 0.6 is 0 Å². The van der Waals surface area contributed by atoms with E-state index in [4.69, 9.17) is 0 Å². The lowest BCUT2D eigenvalue weighted by atomic mass is 9.99. The molecule has 0 bridgehead atoms. The Morgan fingerprint density at radius 1 is 0.500 bits per heavy atom. The van der Waals surface area contributed by atoms with Gasteiger partial charge in [0.25, 0.3) is 0 Å². The molecule has 1 heteroatoms. The third kappa shape index (κ3) is 20.4. The van der Waals surface area contributed by atoms with Crippen molar-refractivity contribution in [2.45, 2.75) is 148 Å². The van der Waals surface area contributed by atoms with Gasteiger partial charge < -0.3 is 4.90 Å². The molecule has 0 saturated carbocycles. The van der Waals surface area contributed by atoms with Gasteiger partial charge in [0, 0.05) is 6.04 Å². The second-order valence-corrected chi connectivity index (χ2v) is 9.19. The highest BCUT2D eigenvalue weighted by Gasteiger charge is 2.10. The molecule has 168 valence electrons. The van der Waals surface area contributed by atoms with Crippen LogP contribution in [0.2, 0.25) is 0 Å². The largest absolute Gasteiger partial charge is 0.306 e. The van der Waals surface area contributed by atoms with Gasteiger partial charge in [-0.2, -0.15) is 0 Å². The Morgan fingerprint density at radius 2 is 0.857 bits per heavy atom. The van der Waals surface area contributed by atoms with Gasteiger partial charge >= 0.3 is 0 Å². The minimum absolute atomic E-state index is 0.812. The standard InChI is InChI=1S/C27H55N/c1-5-7-9-11-12-13-14-15-16-17-18-19-20-22-24-26-27(28(3)4)25-23-21-10-8-6-2/h15-16,27H,5-14,17-26H2,1-4H3/b16-15+. The Balaban J connectivity index is 3.42. The molecule has 0 aliphatic carbocycles. The van der Waals surface area contributed by atoms with E-state index < -0.39 is 0 Å². The van der Waals surface area contributed by atoms with E-state index in [1.807, 2.05) is 0 Å². The van der Waals surface area contributed by atoms with Crippen molar-refractivity contribution < 1.29 is 0 Å². The Morgan fingerprint density at radius 3 is 1.25 bits per heavy atom. The van der Waals surface area contributed by atoms with Crippen LogP contribution in [0.1, 0.15) is 142 Å². The highest BCUT2D eigenvalue weighted by Crippen LogP contribution is 2.17. The zero-order valence-electron chi connectivity index (χ0n) is 20.3. The van der Waals surface area contributed by atoms with Crippen LogP contribution in [0.3, 0.4) is 0 Å². The normalized spacial score (nSPS) is 13.0. The summed E-state index contributed by atoms with van der Waals surface area (Å²) in [5.41, 5.74) is 0. The van der Waals surface area contributed by atoms with E-state index in [-0.39, 0.29) is 0 Å². The van der Waals surface area contributed by atoms with E-state index in [1.165, 1.54) is 128 Å². The van der Waals surface area contributed by atoms with Gasteiger partial charge in [0.1, 0.15) is 0 Å². The van der Waals surface area contributed by atoms with E-state index in [1.54, 1.807) is 0 Å². The molecule has 0 fully saturated rings. The molecule has 0 spiro atoms. The minimum atomic E-state index is 0.812. The molecule has 0 saturated heterocycles. The van der Waals surface area contributed by atoms with Crippen LogP contribution in [0.25, 0.3) is 0 Å². The van der Waals surface area contributed by atoms with Crippen LogP contribution in [0.15, 0.2) is 12.2 Å². The quantitative estimate of drug-likeness (QED) is 0.131. The summed E-state index contributed by atoms with van der Waals surface area (Å²) < 4.78 is 0. The first-order valence-electron chi connectivity index (χ1n) is 13.0. The monoisotopic (exact) mass is 393 g/mol. The molecule has 1 unspecified atom stereocenters. The number of hydrogen-bond donors (Lipinski definition) is 0. The summed E-state index contributed by atoms with van der Waals surface area (Å²) in [6, 6.07) is 0.812. The second-order valence-electron chi connectivity index (χ2n) is 9.19. The molecule has 1 atom stereocenters. The van der Waals surface area contributed by atoms with E-state index in [0.717, 1.165) is 6.04 Å².